The molecule has 0 saturated heterocycles. The Balaban J connectivity index is 1.62. The Kier molecular flexibility index (Phi) is 4.49. The van der Waals surface area contributed by atoms with Crippen molar-refractivity contribution in [3.8, 4) is 0 Å². The number of aliphatic hydroxyl groups is 1. The van der Waals surface area contributed by atoms with Crippen LogP contribution in [0.1, 0.15) is 5.82 Å². The molecular formula is C12H19N5O. The van der Waals surface area contributed by atoms with E-state index in [0.717, 1.165) is 18.8 Å². The summed E-state index contributed by atoms with van der Waals surface area (Å²) in [4.78, 5) is 4.24. The summed E-state index contributed by atoms with van der Waals surface area (Å²) in [5.74, 6) is 1.05. The number of aromatic nitrogens is 4. The van der Waals surface area contributed by atoms with Crippen molar-refractivity contribution in [3.05, 3.63) is 36.7 Å². The molecule has 0 radical (unpaired) electrons. The number of nitrogens with zero attached hydrogens (tertiary/aromatic N) is 4. The molecule has 98 valence electrons. The average Bonchev–Trinajstić information content (AvgIpc) is 2.97. The van der Waals surface area contributed by atoms with Crippen LogP contribution in [-0.4, -0.2) is 43.6 Å². The molecule has 0 saturated carbocycles. The fourth-order valence-electron chi connectivity index (χ4n) is 1.80. The highest BCUT2D eigenvalue weighted by Crippen LogP contribution is 1.94. The maximum Gasteiger partial charge on any atom is 0.109 e. The average molecular weight is 249 g/mol. The van der Waals surface area contributed by atoms with Crippen LogP contribution in [0.2, 0.25) is 0 Å². The van der Waals surface area contributed by atoms with Gasteiger partial charge in [0, 0.05) is 51.3 Å². The van der Waals surface area contributed by atoms with Crippen molar-refractivity contribution in [1.29, 1.82) is 0 Å². The molecule has 6 nitrogen and oxygen atoms in total. The zero-order valence-corrected chi connectivity index (χ0v) is 10.5. The van der Waals surface area contributed by atoms with Gasteiger partial charge >= 0.3 is 0 Å². The van der Waals surface area contributed by atoms with Gasteiger partial charge in [-0.2, -0.15) is 5.10 Å². The van der Waals surface area contributed by atoms with E-state index in [1.54, 1.807) is 17.1 Å². The maximum atomic E-state index is 9.79. The number of aliphatic hydroxyl groups excluding tert-OH is 1. The summed E-state index contributed by atoms with van der Waals surface area (Å²) >= 11 is 0. The van der Waals surface area contributed by atoms with Gasteiger partial charge in [-0.3, -0.25) is 4.68 Å². The number of imidazole rings is 1. The lowest BCUT2D eigenvalue weighted by molar-refractivity contribution is 0.147. The first-order chi connectivity index (χ1) is 8.75. The first-order valence-electron chi connectivity index (χ1n) is 6.08. The van der Waals surface area contributed by atoms with Crippen LogP contribution in [0.25, 0.3) is 0 Å². The van der Waals surface area contributed by atoms with Crippen molar-refractivity contribution in [2.45, 2.75) is 19.1 Å². The molecule has 1 unspecified atom stereocenters. The second-order valence-electron chi connectivity index (χ2n) is 4.29. The minimum atomic E-state index is -0.425. The number of aryl methyl sites for hydroxylation is 1. The predicted molar refractivity (Wildman–Crippen MR) is 68.0 cm³/mol. The van der Waals surface area contributed by atoms with Crippen LogP contribution in [0.15, 0.2) is 30.9 Å². The largest absolute Gasteiger partial charge is 0.390 e. The van der Waals surface area contributed by atoms with E-state index in [4.69, 9.17) is 0 Å². The minimum Gasteiger partial charge on any atom is -0.390 e. The van der Waals surface area contributed by atoms with Gasteiger partial charge in [0.1, 0.15) is 5.82 Å². The summed E-state index contributed by atoms with van der Waals surface area (Å²) in [5, 5.41) is 17.1. The van der Waals surface area contributed by atoms with Gasteiger partial charge in [-0.25, -0.2) is 4.98 Å². The van der Waals surface area contributed by atoms with E-state index in [0.29, 0.717) is 13.1 Å². The second kappa shape index (κ2) is 6.32. The van der Waals surface area contributed by atoms with Crippen LogP contribution in [0, 0.1) is 0 Å². The Morgan fingerprint density at radius 2 is 2.28 bits per heavy atom. The van der Waals surface area contributed by atoms with Crippen LogP contribution in [0.4, 0.5) is 0 Å². The molecule has 1 atom stereocenters. The van der Waals surface area contributed by atoms with Crippen molar-refractivity contribution in [2.24, 2.45) is 7.05 Å². The SMILES string of the molecule is Cn1ccnc1CCNCC(O)Cn1cccn1. The van der Waals surface area contributed by atoms with Crippen molar-refractivity contribution >= 4 is 0 Å². The summed E-state index contributed by atoms with van der Waals surface area (Å²) in [6.45, 7) is 1.88. The van der Waals surface area contributed by atoms with Crippen LogP contribution >= 0.6 is 0 Å². The quantitative estimate of drug-likeness (QED) is 0.667. The topological polar surface area (TPSA) is 67.9 Å². The van der Waals surface area contributed by atoms with Gasteiger partial charge in [0.15, 0.2) is 0 Å². The summed E-state index contributed by atoms with van der Waals surface area (Å²) in [5.41, 5.74) is 0. The molecule has 2 rings (SSSR count). The highest BCUT2D eigenvalue weighted by Gasteiger charge is 2.05. The monoisotopic (exact) mass is 249 g/mol. The summed E-state index contributed by atoms with van der Waals surface area (Å²) in [6, 6.07) is 1.85. The van der Waals surface area contributed by atoms with E-state index in [-0.39, 0.29) is 0 Å². The Morgan fingerprint density at radius 1 is 1.39 bits per heavy atom. The second-order valence-corrected chi connectivity index (χ2v) is 4.29. The van der Waals surface area contributed by atoms with E-state index < -0.39 is 6.10 Å². The number of rotatable bonds is 7. The van der Waals surface area contributed by atoms with Gasteiger partial charge in [-0.15, -0.1) is 0 Å². The molecule has 0 aliphatic carbocycles. The lowest BCUT2D eigenvalue weighted by Crippen LogP contribution is -2.31. The van der Waals surface area contributed by atoms with E-state index in [1.165, 1.54) is 0 Å². The van der Waals surface area contributed by atoms with Gasteiger partial charge in [0.2, 0.25) is 0 Å². The molecule has 18 heavy (non-hydrogen) atoms. The normalized spacial score (nSPS) is 12.8. The standard InChI is InChI=1S/C12H19N5O/c1-16-8-6-14-12(16)3-5-13-9-11(18)10-17-7-2-4-15-17/h2,4,6-8,11,13,18H,3,5,9-10H2,1H3. The Hall–Kier alpha value is -1.66. The smallest absolute Gasteiger partial charge is 0.109 e. The zero-order valence-electron chi connectivity index (χ0n) is 10.5. The third-order valence-electron chi connectivity index (χ3n) is 2.78. The fraction of sp³-hybridized carbons (Fsp3) is 0.500. The van der Waals surface area contributed by atoms with Crippen molar-refractivity contribution in [2.75, 3.05) is 13.1 Å². The zero-order chi connectivity index (χ0) is 12.8. The van der Waals surface area contributed by atoms with E-state index >= 15 is 0 Å². The first kappa shape index (κ1) is 12.8. The van der Waals surface area contributed by atoms with Crippen LogP contribution in [-0.2, 0) is 20.0 Å². The molecule has 2 heterocycles. The molecule has 0 aromatic carbocycles. The van der Waals surface area contributed by atoms with Gasteiger partial charge < -0.3 is 15.0 Å². The summed E-state index contributed by atoms with van der Waals surface area (Å²) < 4.78 is 3.73. The van der Waals surface area contributed by atoms with Crippen LogP contribution < -0.4 is 5.32 Å². The molecule has 0 fully saturated rings. The Bertz CT molecular complexity index is 451. The Labute approximate surface area is 106 Å². The lowest BCUT2D eigenvalue weighted by Gasteiger charge is -2.11. The van der Waals surface area contributed by atoms with Crippen molar-refractivity contribution < 1.29 is 5.11 Å². The van der Waals surface area contributed by atoms with Crippen molar-refractivity contribution in [1.82, 2.24) is 24.6 Å². The van der Waals surface area contributed by atoms with E-state index in [1.807, 2.05) is 30.1 Å². The summed E-state index contributed by atoms with van der Waals surface area (Å²) in [6.07, 6.45) is 7.71. The molecule has 0 aliphatic heterocycles. The van der Waals surface area contributed by atoms with E-state index in [9.17, 15) is 5.11 Å². The van der Waals surface area contributed by atoms with E-state index in [2.05, 4.69) is 15.4 Å². The molecule has 2 aromatic rings. The number of hydrogen-bond acceptors (Lipinski definition) is 4. The van der Waals surface area contributed by atoms with Crippen molar-refractivity contribution in [3.63, 3.8) is 0 Å². The predicted octanol–water partition coefficient (Wildman–Crippen LogP) is -0.190. The number of nitrogens with one attached hydrogen (secondary N) is 1. The van der Waals surface area contributed by atoms with Crippen LogP contribution in [0.3, 0.4) is 0 Å². The molecule has 2 aromatic heterocycles. The highest BCUT2D eigenvalue weighted by molar-refractivity contribution is 4.91. The lowest BCUT2D eigenvalue weighted by atomic mass is 10.3. The number of hydrogen-bond donors (Lipinski definition) is 2. The highest BCUT2D eigenvalue weighted by atomic mass is 16.3. The van der Waals surface area contributed by atoms with Gasteiger partial charge in [0.05, 0.1) is 12.6 Å². The third-order valence-corrected chi connectivity index (χ3v) is 2.78. The summed E-state index contributed by atoms with van der Waals surface area (Å²) in [7, 11) is 1.98. The molecule has 2 N–H and O–H groups in total. The van der Waals surface area contributed by atoms with Gasteiger partial charge in [-0.05, 0) is 6.07 Å². The third kappa shape index (κ3) is 3.68. The molecular weight excluding hydrogens is 230 g/mol. The molecule has 0 aliphatic rings. The van der Waals surface area contributed by atoms with Crippen LogP contribution in [0.5, 0.6) is 0 Å². The minimum absolute atomic E-state index is 0.425. The first-order valence-corrected chi connectivity index (χ1v) is 6.08. The Morgan fingerprint density at radius 3 is 2.94 bits per heavy atom. The van der Waals surface area contributed by atoms with Gasteiger partial charge in [-0.1, -0.05) is 0 Å². The molecule has 0 bridgehead atoms. The maximum absolute atomic E-state index is 9.79. The molecule has 0 amide bonds. The molecule has 6 heteroatoms. The fourth-order valence-corrected chi connectivity index (χ4v) is 1.80. The molecule has 0 spiro atoms. The van der Waals surface area contributed by atoms with Gasteiger partial charge in [0.25, 0.3) is 0 Å².